The molecule has 0 bridgehead atoms. The van der Waals surface area contributed by atoms with Crippen LogP contribution in [-0.4, -0.2) is 23.0 Å². The summed E-state index contributed by atoms with van der Waals surface area (Å²) in [5.74, 6) is -0.0462. The van der Waals surface area contributed by atoms with E-state index in [0.717, 1.165) is 0 Å². The molecule has 0 aliphatic heterocycles. The molecule has 0 amide bonds. The Morgan fingerprint density at radius 2 is 1.86 bits per heavy atom. The van der Waals surface area contributed by atoms with Crippen LogP contribution in [-0.2, 0) is 0 Å². The van der Waals surface area contributed by atoms with Gasteiger partial charge in [0.25, 0.3) is 12.3 Å². The SMILES string of the molecule is Cc1nc(Cl)c(OCC(F)F)nc1C. The predicted molar refractivity (Wildman–Crippen MR) is 48.0 cm³/mol. The number of aromatic nitrogens is 2. The highest BCUT2D eigenvalue weighted by Crippen LogP contribution is 2.20. The van der Waals surface area contributed by atoms with Crippen molar-refractivity contribution in [2.24, 2.45) is 0 Å². The molecule has 1 aromatic heterocycles. The second kappa shape index (κ2) is 4.50. The van der Waals surface area contributed by atoms with Gasteiger partial charge in [-0.25, -0.2) is 18.7 Å². The van der Waals surface area contributed by atoms with Crippen molar-refractivity contribution in [2.45, 2.75) is 20.3 Å². The molecule has 0 aliphatic rings. The van der Waals surface area contributed by atoms with Crippen LogP contribution in [0.4, 0.5) is 8.78 Å². The molecule has 0 saturated heterocycles. The molecule has 0 unspecified atom stereocenters. The molecule has 0 saturated carbocycles. The highest BCUT2D eigenvalue weighted by molar-refractivity contribution is 6.30. The van der Waals surface area contributed by atoms with Crippen LogP contribution < -0.4 is 4.74 Å². The summed E-state index contributed by atoms with van der Waals surface area (Å²) in [6.07, 6.45) is -2.55. The minimum atomic E-state index is -2.55. The minimum Gasteiger partial charge on any atom is -0.469 e. The maximum Gasteiger partial charge on any atom is 0.272 e. The van der Waals surface area contributed by atoms with Crippen molar-refractivity contribution in [3.05, 3.63) is 16.5 Å². The number of nitrogens with zero attached hydrogens (tertiary/aromatic N) is 2. The van der Waals surface area contributed by atoms with Gasteiger partial charge >= 0.3 is 0 Å². The Morgan fingerprint density at radius 3 is 2.43 bits per heavy atom. The Balaban J connectivity index is 2.82. The van der Waals surface area contributed by atoms with E-state index in [1.54, 1.807) is 13.8 Å². The van der Waals surface area contributed by atoms with Crippen LogP contribution in [0.15, 0.2) is 0 Å². The van der Waals surface area contributed by atoms with Crippen LogP contribution in [0.3, 0.4) is 0 Å². The number of rotatable bonds is 3. The van der Waals surface area contributed by atoms with Crippen molar-refractivity contribution in [1.82, 2.24) is 9.97 Å². The Bertz CT molecular complexity index is 333. The van der Waals surface area contributed by atoms with Gasteiger partial charge in [-0.3, -0.25) is 0 Å². The first-order valence-corrected chi connectivity index (χ1v) is 4.30. The third-order valence-corrected chi connectivity index (χ3v) is 1.83. The molecule has 78 valence electrons. The summed E-state index contributed by atoms with van der Waals surface area (Å²) in [6.45, 7) is 2.70. The summed E-state index contributed by atoms with van der Waals surface area (Å²) < 4.78 is 28.3. The van der Waals surface area contributed by atoms with Crippen LogP contribution in [0, 0.1) is 13.8 Å². The number of hydrogen-bond donors (Lipinski definition) is 0. The molecule has 1 rings (SSSR count). The van der Waals surface area contributed by atoms with Gasteiger partial charge in [0.2, 0.25) is 0 Å². The first kappa shape index (κ1) is 11.1. The molecule has 3 nitrogen and oxygen atoms in total. The van der Waals surface area contributed by atoms with E-state index in [0.29, 0.717) is 11.4 Å². The number of alkyl halides is 2. The van der Waals surface area contributed by atoms with Gasteiger partial charge in [-0.05, 0) is 13.8 Å². The Morgan fingerprint density at radius 1 is 1.29 bits per heavy atom. The molecule has 1 heterocycles. The highest BCUT2D eigenvalue weighted by atomic mass is 35.5. The van der Waals surface area contributed by atoms with E-state index in [4.69, 9.17) is 11.6 Å². The lowest BCUT2D eigenvalue weighted by Crippen LogP contribution is -2.09. The summed E-state index contributed by atoms with van der Waals surface area (Å²) in [5.41, 5.74) is 1.26. The first-order valence-electron chi connectivity index (χ1n) is 3.92. The summed E-state index contributed by atoms with van der Waals surface area (Å²) in [5, 5.41) is 0.00810. The molecular weight excluding hydrogens is 214 g/mol. The Labute approximate surface area is 85.1 Å². The number of halogens is 3. The molecule has 14 heavy (non-hydrogen) atoms. The summed E-state index contributed by atoms with van der Waals surface area (Å²) in [4.78, 5) is 7.78. The zero-order valence-electron chi connectivity index (χ0n) is 7.72. The van der Waals surface area contributed by atoms with E-state index in [1.807, 2.05) is 0 Å². The smallest absolute Gasteiger partial charge is 0.272 e. The Kier molecular flexibility index (Phi) is 3.57. The number of aryl methyl sites for hydroxylation is 2. The van der Waals surface area contributed by atoms with Gasteiger partial charge in [-0.1, -0.05) is 11.6 Å². The molecule has 0 aromatic carbocycles. The van der Waals surface area contributed by atoms with Crippen molar-refractivity contribution >= 4 is 11.6 Å². The van der Waals surface area contributed by atoms with Crippen molar-refractivity contribution in [3.63, 3.8) is 0 Å². The van der Waals surface area contributed by atoms with Crippen LogP contribution in [0.1, 0.15) is 11.4 Å². The fourth-order valence-corrected chi connectivity index (χ4v) is 1.01. The molecule has 0 N–H and O–H groups in total. The standard InChI is InChI=1S/C8H9ClF2N2O/c1-4-5(2)13-8(7(9)12-4)14-3-6(10)11/h6H,3H2,1-2H3. The summed E-state index contributed by atoms with van der Waals surface area (Å²) in [6, 6.07) is 0. The average Bonchev–Trinajstić information content (AvgIpc) is 2.09. The van der Waals surface area contributed by atoms with Crippen molar-refractivity contribution in [1.29, 1.82) is 0 Å². The molecule has 0 fully saturated rings. The maximum absolute atomic E-state index is 11.8. The second-order valence-electron chi connectivity index (χ2n) is 2.69. The third-order valence-electron chi connectivity index (χ3n) is 1.58. The number of ether oxygens (including phenoxy) is 1. The van der Waals surface area contributed by atoms with E-state index in [1.165, 1.54) is 0 Å². The van der Waals surface area contributed by atoms with E-state index in [-0.39, 0.29) is 11.0 Å². The van der Waals surface area contributed by atoms with Crippen molar-refractivity contribution in [3.8, 4) is 5.88 Å². The molecule has 0 atom stereocenters. The molecule has 0 spiro atoms. The van der Waals surface area contributed by atoms with Crippen molar-refractivity contribution in [2.75, 3.05) is 6.61 Å². The van der Waals surface area contributed by atoms with Crippen LogP contribution in [0.5, 0.6) is 5.88 Å². The second-order valence-corrected chi connectivity index (χ2v) is 3.05. The quantitative estimate of drug-likeness (QED) is 0.788. The lowest BCUT2D eigenvalue weighted by atomic mass is 10.3. The van der Waals surface area contributed by atoms with Gasteiger partial charge in [0.1, 0.15) is 0 Å². The fourth-order valence-electron chi connectivity index (χ4n) is 0.789. The van der Waals surface area contributed by atoms with Crippen LogP contribution >= 0.6 is 11.6 Å². The fraction of sp³-hybridized carbons (Fsp3) is 0.500. The third kappa shape index (κ3) is 2.77. The minimum absolute atomic E-state index is 0.00810. The number of hydrogen-bond acceptors (Lipinski definition) is 3. The van der Waals surface area contributed by atoms with Gasteiger partial charge in [-0.15, -0.1) is 0 Å². The monoisotopic (exact) mass is 222 g/mol. The van der Waals surface area contributed by atoms with Gasteiger partial charge in [0.05, 0.1) is 11.4 Å². The van der Waals surface area contributed by atoms with E-state index < -0.39 is 13.0 Å². The summed E-state index contributed by atoms with van der Waals surface area (Å²) >= 11 is 5.64. The normalized spacial score (nSPS) is 10.7. The topological polar surface area (TPSA) is 35.0 Å². The molecule has 1 aromatic rings. The van der Waals surface area contributed by atoms with Crippen LogP contribution in [0.2, 0.25) is 5.15 Å². The van der Waals surface area contributed by atoms with E-state index in [9.17, 15) is 8.78 Å². The molecule has 0 aliphatic carbocycles. The largest absolute Gasteiger partial charge is 0.469 e. The van der Waals surface area contributed by atoms with Crippen molar-refractivity contribution < 1.29 is 13.5 Å². The van der Waals surface area contributed by atoms with Gasteiger partial charge in [0, 0.05) is 0 Å². The van der Waals surface area contributed by atoms with E-state index in [2.05, 4.69) is 14.7 Å². The van der Waals surface area contributed by atoms with Gasteiger partial charge in [0.15, 0.2) is 11.8 Å². The molecule has 0 radical (unpaired) electrons. The maximum atomic E-state index is 11.8. The highest BCUT2D eigenvalue weighted by Gasteiger charge is 2.10. The van der Waals surface area contributed by atoms with Crippen LogP contribution in [0.25, 0.3) is 0 Å². The zero-order chi connectivity index (χ0) is 10.7. The predicted octanol–water partition coefficient (Wildman–Crippen LogP) is 2.39. The first-order chi connectivity index (χ1) is 6.50. The average molecular weight is 223 g/mol. The zero-order valence-corrected chi connectivity index (χ0v) is 8.48. The molecular formula is C8H9ClF2N2O. The molecule has 6 heteroatoms. The lowest BCUT2D eigenvalue weighted by molar-refractivity contribution is 0.0793. The Hall–Kier alpha value is -0.970. The summed E-state index contributed by atoms with van der Waals surface area (Å²) in [7, 11) is 0. The lowest BCUT2D eigenvalue weighted by Gasteiger charge is -2.07. The van der Waals surface area contributed by atoms with Gasteiger partial charge in [-0.2, -0.15) is 0 Å². The van der Waals surface area contributed by atoms with E-state index >= 15 is 0 Å². The van der Waals surface area contributed by atoms with Gasteiger partial charge < -0.3 is 4.74 Å².